The number of anilines is 2. The lowest BCUT2D eigenvalue weighted by Crippen LogP contribution is -2.14. The Bertz CT molecular complexity index is 586. The van der Waals surface area contributed by atoms with Crippen LogP contribution in [0.5, 0.6) is 5.75 Å². The molecule has 0 atom stereocenters. The summed E-state index contributed by atoms with van der Waals surface area (Å²) in [6.45, 7) is 0. The summed E-state index contributed by atoms with van der Waals surface area (Å²) in [7, 11) is 1.57. The van der Waals surface area contributed by atoms with Crippen molar-refractivity contribution in [2.75, 3.05) is 17.9 Å². The van der Waals surface area contributed by atoms with E-state index in [1.165, 1.54) is 6.20 Å². The third-order valence-corrected chi connectivity index (χ3v) is 2.50. The highest BCUT2D eigenvalue weighted by Crippen LogP contribution is 2.17. The normalized spacial score (nSPS) is 9.79. The molecular weight excluding hydrogens is 244 g/mol. The molecule has 0 unspecified atom stereocenters. The Balaban J connectivity index is 2.15. The summed E-state index contributed by atoms with van der Waals surface area (Å²) in [5, 5.41) is 2.77. The molecule has 0 fully saturated rings. The summed E-state index contributed by atoms with van der Waals surface area (Å²) < 4.78 is 5.09. The van der Waals surface area contributed by atoms with E-state index in [0.29, 0.717) is 22.8 Å². The first-order chi connectivity index (χ1) is 9.22. The third kappa shape index (κ3) is 3.20. The number of nitrogens with two attached hydrogens (primary N) is 1. The molecule has 98 valence electrons. The zero-order valence-electron chi connectivity index (χ0n) is 10.4. The van der Waals surface area contributed by atoms with Crippen molar-refractivity contribution in [3.05, 3.63) is 48.2 Å². The second kappa shape index (κ2) is 5.83. The van der Waals surface area contributed by atoms with Gasteiger partial charge in [-0.05, 0) is 24.3 Å². The number of carbonyl (C=O) groups is 1. The van der Waals surface area contributed by atoms with Crippen LogP contribution in [0.1, 0.15) is 10.4 Å². The number of carbonyl (C=O) groups excluding carboxylic acids is 1. The number of methoxy groups -OCH3 is 1. The van der Waals surface area contributed by atoms with Gasteiger partial charge in [-0.3, -0.25) is 4.79 Å². The van der Waals surface area contributed by atoms with E-state index in [1.807, 2.05) is 0 Å². The number of hydrogen-bond acceptors (Lipinski definition) is 5. The van der Waals surface area contributed by atoms with Crippen molar-refractivity contribution in [1.29, 1.82) is 0 Å². The first-order valence-electron chi connectivity index (χ1n) is 5.61. The summed E-state index contributed by atoms with van der Waals surface area (Å²) in [5.41, 5.74) is 3.51. The molecule has 2 rings (SSSR count). The number of pyridine rings is 1. The molecule has 0 aliphatic heterocycles. The monoisotopic (exact) mass is 258 g/mol. The maximum atomic E-state index is 12.0. The van der Waals surface area contributed by atoms with Crippen molar-refractivity contribution in [3.8, 4) is 5.75 Å². The molecule has 0 aliphatic rings. The van der Waals surface area contributed by atoms with Crippen LogP contribution in [0, 0.1) is 0 Å². The molecule has 19 heavy (non-hydrogen) atoms. The molecule has 0 saturated carbocycles. The average molecular weight is 258 g/mol. The van der Waals surface area contributed by atoms with Gasteiger partial charge in [-0.25, -0.2) is 10.8 Å². The fourth-order valence-electron chi connectivity index (χ4n) is 1.55. The molecule has 0 saturated heterocycles. The molecular formula is C13H14N4O2. The number of hydrazine groups is 1. The largest absolute Gasteiger partial charge is 0.497 e. The smallest absolute Gasteiger partial charge is 0.255 e. The SMILES string of the molecule is COc1cccc(NC(=O)c2ccnc(NN)c2)c1. The summed E-state index contributed by atoms with van der Waals surface area (Å²) >= 11 is 0. The van der Waals surface area contributed by atoms with E-state index in [9.17, 15) is 4.79 Å². The van der Waals surface area contributed by atoms with E-state index in [1.54, 1.807) is 43.5 Å². The van der Waals surface area contributed by atoms with Crippen LogP contribution >= 0.6 is 0 Å². The Kier molecular flexibility index (Phi) is 3.94. The topological polar surface area (TPSA) is 89.3 Å². The number of ether oxygens (including phenoxy) is 1. The lowest BCUT2D eigenvalue weighted by molar-refractivity contribution is 0.102. The van der Waals surface area contributed by atoms with Gasteiger partial charge in [0, 0.05) is 23.5 Å². The fraction of sp³-hybridized carbons (Fsp3) is 0.0769. The van der Waals surface area contributed by atoms with Gasteiger partial charge >= 0.3 is 0 Å². The highest BCUT2D eigenvalue weighted by molar-refractivity contribution is 6.04. The van der Waals surface area contributed by atoms with Gasteiger partial charge in [-0.2, -0.15) is 0 Å². The van der Waals surface area contributed by atoms with E-state index in [4.69, 9.17) is 10.6 Å². The predicted octanol–water partition coefficient (Wildman–Crippen LogP) is 1.63. The van der Waals surface area contributed by atoms with Gasteiger partial charge in [-0.1, -0.05) is 6.07 Å². The Morgan fingerprint density at radius 1 is 1.32 bits per heavy atom. The highest BCUT2D eigenvalue weighted by Gasteiger charge is 2.07. The molecule has 0 bridgehead atoms. The number of aromatic nitrogens is 1. The molecule has 4 N–H and O–H groups in total. The predicted molar refractivity (Wildman–Crippen MR) is 73.0 cm³/mol. The Morgan fingerprint density at radius 3 is 2.89 bits per heavy atom. The number of nitrogens with zero attached hydrogens (tertiary/aromatic N) is 1. The second-order valence-electron chi connectivity index (χ2n) is 3.76. The summed E-state index contributed by atoms with van der Waals surface area (Å²) in [5.74, 6) is 6.11. The summed E-state index contributed by atoms with van der Waals surface area (Å²) in [6.07, 6.45) is 1.51. The van der Waals surface area contributed by atoms with Crippen LogP contribution in [0.15, 0.2) is 42.6 Å². The van der Waals surface area contributed by atoms with Crippen LogP contribution in [-0.4, -0.2) is 18.0 Å². The van der Waals surface area contributed by atoms with Gasteiger partial charge in [0.1, 0.15) is 11.6 Å². The number of nitrogens with one attached hydrogen (secondary N) is 2. The van der Waals surface area contributed by atoms with Crippen LogP contribution in [-0.2, 0) is 0 Å². The van der Waals surface area contributed by atoms with Crippen LogP contribution in [0.3, 0.4) is 0 Å². The van der Waals surface area contributed by atoms with Crippen molar-refractivity contribution in [2.24, 2.45) is 5.84 Å². The Hall–Kier alpha value is -2.60. The van der Waals surface area contributed by atoms with Gasteiger partial charge in [0.2, 0.25) is 0 Å². The lowest BCUT2D eigenvalue weighted by atomic mass is 10.2. The number of rotatable bonds is 4. The molecule has 1 aromatic carbocycles. The van der Waals surface area contributed by atoms with E-state index < -0.39 is 0 Å². The quantitative estimate of drug-likeness (QED) is 0.573. The molecule has 0 radical (unpaired) electrons. The van der Waals surface area contributed by atoms with Gasteiger partial charge in [0.05, 0.1) is 7.11 Å². The van der Waals surface area contributed by atoms with Crippen molar-refractivity contribution in [2.45, 2.75) is 0 Å². The fourth-order valence-corrected chi connectivity index (χ4v) is 1.55. The van der Waals surface area contributed by atoms with E-state index in [2.05, 4.69) is 15.7 Å². The molecule has 1 amide bonds. The van der Waals surface area contributed by atoms with Crippen LogP contribution in [0.4, 0.5) is 11.5 Å². The number of nitrogen functional groups attached to an aromatic ring is 1. The number of hydrogen-bond donors (Lipinski definition) is 3. The maximum Gasteiger partial charge on any atom is 0.255 e. The zero-order valence-corrected chi connectivity index (χ0v) is 10.4. The average Bonchev–Trinajstić information content (AvgIpc) is 2.47. The van der Waals surface area contributed by atoms with E-state index in [0.717, 1.165) is 0 Å². The number of amides is 1. The van der Waals surface area contributed by atoms with Gasteiger partial charge < -0.3 is 15.5 Å². The molecule has 0 aliphatic carbocycles. The van der Waals surface area contributed by atoms with E-state index >= 15 is 0 Å². The Morgan fingerprint density at radius 2 is 2.16 bits per heavy atom. The molecule has 1 aromatic heterocycles. The first-order valence-corrected chi connectivity index (χ1v) is 5.61. The molecule has 6 heteroatoms. The zero-order chi connectivity index (χ0) is 13.7. The minimum absolute atomic E-state index is 0.243. The van der Waals surface area contributed by atoms with Gasteiger partial charge in [-0.15, -0.1) is 0 Å². The van der Waals surface area contributed by atoms with Crippen LogP contribution in [0.25, 0.3) is 0 Å². The van der Waals surface area contributed by atoms with Crippen LogP contribution < -0.4 is 21.3 Å². The lowest BCUT2D eigenvalue weighted by Gasteiger charge is -2.07. The van der Waals surface area contributed by atoms with Crippen molar-refractivity contribution >= 4 is 17.4 Å². The minimum Gasteiger partial charge on any atom is -0.497 e. The first kappa shape index (κ1) is 12.8. The van der Waals surface area contributed by atoms with Crippen molar-refractivity contribution in [1.82, 2.24) is 4.98 Å². The molecule has 6 nitrogen and oxygen atoms in total. The third-order valence-electron chi connectivity index (χ3n) is 2.50. The second-order valence-corrected chi connectivity index (χ2v) is 3.76. The Labute approximate surface area is 110 Å². The highest BCUT2D eigenvalue weighted by atomic mass is 16.5. The van der Waals surface area contributed by atoms with E-state index in [-0.39, 0.29) is 5.91 Å². The standard InChI is InChI=1S/C13H14N4O2/c1-19-11-4-2-3-10(8-11)16-13(18)9-5-6-15-12(7-9)17-14/h2-8H,14H2,1H3,(H,15,17)(H,16,18). The summed E-state index contributed by atoms with van der Waals surface area (Å²) in [6, 6.07) is 10.3. The minimum atomic E-state index is -0.243. The van der Waals surface area contributed by atoms with Gasteiger partial charge in [0.15, 0.2) is 0 Å². The van der Waals surface area contributed by atoms with Crippen LogP contribution in [0.2, 0.25) is 0 Å². The molecule has 2 aromatic rings. The van der Waals surface area contributed by atoms with Crippen molar-refractivity contribution in [3.63, 3.8) is 0 Å². The summed E-state index contributed by atoms with van der Waals surface area (Å²) in [4.78, 5) is 16.0. The maximum absolute atomic E-state index is 12.0. The molecule has 0 spiro atoms. The van der Waals surface area contributed by atoms with Crippen molar-refractivity contribution < 1.29 is 9.53 Å². The van der Waals surface area contributed by atoms with Gasteiger partial charge in [0.25, 0.3) is 5.91 Å². The molecule has 1 heterocycles. The number of benzene rings is 1.